The van der Waals surface area contributed by atoms with E-state index in [-0.39, 0.29) is 17.7 Å². The third kappa shape index (κ3) is 7.72. The average Bonchev–Trinajstić information content (AvgIpc) is 2.74. The minimum absolute atomic E-state index is 0.174. The second-order valence-corrected chi connectivity index (χ2v) is 7.31. The monoisotopic (exact) mass is 396 g/mol. The molecule has 0 bridgehead atoms. The Balaban J connectivity index is 1.83. The summed E-state index contributed by atoms with van der Waals surface area (Å²) in [4.78, 5) is 25.0. The fraction of sp³-hybridized carbons (Fsp3) is 0.440. The van der Waals surface area contributed by atoms with Gasteiger partial charge in [0.15, 0.2) is 0 Å². The summed E-state index contributed by atoms with van der Waals surface area (Å²) < 4.78 is 10.8. The highest BCUT2D eigenvalue weighted by Crippen LogP contribution is 2.15. The Morgan fingerprint density at radius 2 is 1.28 bits per heavy atom. The van der Waals surface area contributed by atoms with Gasteiger partial charge < -0.3 is 9.47 Å². The van der Waals surface area contributed by atoms with Crippen molar-refractivity contribution in [3.63, 3.8) is 0 Å². The van der Waals surface area contributed by atoms with Crippen LogP contribution in [0.4, 0.5) is 0 Å². The first-order valence-corrected chi connectivity index (χ1v) is 10.6. The second kappa shape index (κ2) is 12.8. The largest absolute Gasteiger partial charge is 0.462 e. The van der Waals surface area contributed by atoms with Gasteiger partial charge in [-0.3, -0.25) is 0 Å². The molecule has 29 heavy (non-hydrogen) atoms. The number of hydrogen-bond donors (Lipinski definition) is 0. The van der Waals surface area contributed by atoms with Crippen LogP contribution in [-0.4, -0.2) is 18.5 Å². The Kier molecular flexibility index (Phi) is 9.98. The maximum absolute atomic E-state index is 12.5. The number of hydrogen-bond acceptors (Lipinski definition) is 4. The van der Waals surface area contributed by atoms with E-state index in [4.69, 9.17) is 9.47 Å². The molecule has 4 heteroatoms. The van der Waals surface area contributed by atoms with Crippen LogP contribution in [0.1, 0.15) is 83.7 Å². The standard InChI is InChI=1S/C25H32O4/c1-3-4-5-6-7-8-13-18-28-24(26)22-16-11-12-17-23(22)25(27)29-19-21-15-10-9-14-20(21)2/h9-12,14-17H,3-8,13,18-19H2,1-2H3. The highest BCUT2D eigenvalue weighted by atomic mass is 16.5. The fourth-order valence-electron chi connectivity index (χ4n) is 3.13. The Hall–Kier alpha value is -2.62. The molecule has 0 aromatic heterocycles. The molecule has 0 aliphatic heterocycles. The van der Waals surface area contributed by atoms with Crippen molar-refractivity contribution in [3.05, 3.63) is 70.8 Å². The molecule has 0 atom stereocenters. The Labute approximate surface area is 174 Å². The lowest BCUT2D eigenvalue weighted by molar-refractivity contribution is 0.0436. The summed E-state index contributed by atoms with van der Waals surface area (Å²) in [6.07, 6.45) is 8.09. The molecule has 0 radical (unpaired) electrons. The summed E-state index contributed by atoms with van der Waals surface area (Å²) in [7, 11) is 0. The zero-order valence-corrected chi connectivity index (χ0v) is 17.6. The predicted octanol–water partition coefficient (Wildman–Crippen LogP) is 6.26. The van der Waals surface area contributed by atoms with E-state index >= 15 is 0 Å². The summed E-state index contributed by atoms with van der Waals surface area (Å²) in [5.41, 5.74) is 2.50. The van der Waals surface area contributed by atoms with E-state index in [1.165, 1.54) is 32.1 Å². The van der Waals surface area contributed by atoms with Crippen LogP contribution in [0.2, 0.25) is 0 Å². The molecule has 0 N–H and O–H groups in total. The van der Waals surface area contributed by atoms with Crippen LogP contribution < -0.4 is 0 Å². The van der Waals surface area contributed by atoms with Crippen LogP contribution in [0.3, 0.4) is 0 Å². The molecule has 0 saturated heterocycles. The first-order valence-electron chi connectivity index (χ1n) is 10.6. The van der Waals surface area contributed by atoms with E-state index in [1.807, 2.05) is 31.2 Å². The van der Waals surface area contributed by atoms with E-state index in [9.17, 15) is 9.59 Å². The highest BCUT2D eigenvalue weighted by Gasteiger charge is 2.19. The van der Waals surface area contributed by atoms with Crippen molar-refractivity contribution in [1.82, 2.24) is 0 Å². The molecule has 2 aromatic carbocycles. The number of rotatable bonds is 12. The summed E-state index contributed by atoms with van der Waals surface area (Å²) in [6, 6.07) is 14.4. The molecule has 0 aliphatic carbocycles. The molecule has 4 nitrogen and oxygen atoms in total. The van der Waals surface area contributed by atoms with Gasteiger partial charge in [-0.15, -0.1) is 0 Å². The lowest BCUT2D eigenvalue weighted by atomic mass is 10.1. The Morgan fingerprint density at radius 1 is 0.724 bits per heavy atom. The van der Waals surface area contributed by atoms with Gasteiger partial charge in [-0.05, 0) is 36.6 Å². The van der Waals surface area contributed by atoms with Crippen molar-refractivity contribution in [2.75, 3.05) is 6.61 Å². The molecule has 0 aliphatic rings. The van der Waals surface area contributed by atoms with Gasteiger partial charge in [-0.1, -0.05) is 81.8 Å². The molecule has 156 valence electrons. The lowest BCUT2D eigenvalue weighted by Crippen LogP contribution is -2.14. The molecule has 0 amide bonds. The van der Waals surface area contributed by atoms with Crippen molar-refractivity contribution in [2.24, 2.45) is 0 Å². The first kappa shape index (κ1) is 22.7. The quantitative estimate of drug-likeness (QED) is 0.314. The first-order chi connectivity index (χ1) is 14.1. The van der Waals surface area contributed by atoms with E-state index in [2.05, 4.69) is 6.92 Å². The van der Waals surface area contributed by atoms with Gasteiger partial charge in [0.25, 0.3) is 0 Å². The molecule has 0 fully saturated rings. The SMILES string of the molecule is CCCCCCCCCOC(=O)c1ccccc1C(=O)OCc1ccccc1C. The van der Waals surface area contributed by atoms with Crippen molar-refractivity contribution >= 4 is 11.9 Å². The number of carbonyl (C=O) groups excluding carboxylic acids is 2. The molecule has 0 spiro atoms. The van der Waals surface area contributed by atoms with Crippen molar-refractivity contribution in [2.45, 2.75) is 65.4 Å². The van der Waals surface area contributed by atoms with E-state index in [1.54, 1.807) is 24.3 Å². The lowest BCUT2D eigenvalue weighted by Gasteiger charge is -2.11. The van der Waals surface area contributed by atoms with Crippen molar-refractivity contribution in [1.29, 1.82) is 0 Å². The third-order valence-corrected chi connectivity index (χ3v) is 4.97. The van der Waals surface area contributed by atoms with E-state index in [0.717, 1.165) is 24.0 Å². The van der Waals surface area contributed by atoms with Gasteiger partial charge in [0.05, 0.1) is 17.7 Å². The number of benzene rings is 2. The molecular formula is C25H32O4. The number of carbonyl (C=O) groups is 2. The van der Waals surface area contributed by atoms with Gasteiger partial charge in [-0.2, -0.15) is 0 Å². The third-order valence-electron chi connectivity index (χ3n) is 4.97. The molecule has 2 aromatic rings. The van der Waals surface area contributed by atoms with Gasteiger partial charge in [-0.25, -0.2) is 9.59 Å². The Morgan fingerprint density at radius 3 is 1.93 bits per heavy atom. The van der Waals surface area contributed by atoms with Crippen LogP contribution in [0.5, 0.6) is 0 Å². The maximum atomic E-state index is 12.5. The molecule has 2 rings (SSSR count). The van der Waals surface area contributed by atoms with Gasteiger partial charge in [0.1, 0.15) is 6.61 Å². The van der Waals surface area contributed by atoms with Gasteiger partial charge >= 0.3 is 11.9 Å². The van der Waals surface area contributed by atoms with Crippen LogP contribution in [-0.2, 0) is 16.1 Å². The van der Waals surface area contributed by atoms with Gasteiger partial charge in [0.2, 0.25) is 0 Å². The minimum atomic E-state index is -0.517. The average molecular weight is 397 g/mol. The van der Waals surface area contributed by atoms with E-state index in [0.29, 0.717) is 6.61 Å². The van der Waals surface area contributed by atoms with Crippen LogP contribution in [0, 0.1) is 6.92 Å². The highest BCUT2D eigenvalue weighted by molar-refractivity contribution is 6.03. The van der Waals surface area contributed by atoms with Gasteiger partial charge in [0, 0.05) is 0 Å². The van der Waals surface area contributed by atoms with Crippen LogP contribution >= 0.6 is 0 Å². The zero-order chi connectivity index (χ0) is 20.9. The molecule has 0 heterocycles. The minimum Gasteiger partial charge on any atom is -0.462 e. The number of esters is 2. The molecule has 0 unspecified atom stereocenters. The number of ether oxygens (including phenoxy) is 2. The normalized spacial score (nSPS) is 10.6. The number of unbranched alkanes of at least 4 members (excludes halogenated alkanes) is 6. The molecule has 0 saturated carbocycles. The summed E-state index contributed by atoms with van der Waals surface area (Å²) in [5, 5.41) is 0. The van der Waals surface area contributed by atoms with E-state index < -0.39 is 11.9 Å². The Bertz CT molecular complexity index is 782. The molecular weight excluding hydrogens is 364 g/mol. The smallest absolute Gasteiger partial charge is 0.339 e. The summed E-state index contributed by atoms with van der Waals surface area (Å²) in [6.45, 7) is 4.72. The topological polar surface area (TPSA) is 52.6 Å². The maximum Gasteiger partial charge on any atom is 0.339 e. The summed E-state index contributed by atoms with van der Waals surface area (Å²) in [5.74, 6) is -0.990. The predicted molar refractivity (Wildman–Crippen MR) is 115 cm³/mol. The zero-order valence-electron chi connectivity index (χ0n) is 17.6. The van der Waals surface area contributed by atoms with Crippen molar-refractivity contribution < 1.29 is 19.1 Å². The van der Waals surface area contributed by atoms with Crippen molar-refractivity contribution in [3.8, 4) is 0 Å². The second-order valence-electron chi connectivity index (χ2n) is 7.31. The summed E-state index contributed by atoms with van der Waals surface area (Å²) >= 11 is 0. The fourth-order valence-corrected chi connectivity index (χ4v) is 3.13. The van der Waals surface area contributed by atoms with Crippen LogP contribution in [0.25, 0.3) is 0 Å². The van der Waals surface area contributed by atoms with Crippen LogP contribution in [0.15, 0.2) is 48.5 Å². The number of aryl methyl sites for hydroxylation is 1.